The fourth-order valence-electron chi connectivity index (χ4n) is 2.27. The summed E-state index contributed by atoms with van der Waals surface area (Å²) < 4.78 is 27.0. The van der Waals surface area contributed by atoms with Gasteiger partial charge in [-0.1, -0.05) is 6.42 Å². The normalized spacial score (nSPS) is 30.5. The van der Waals surface area contributed by atoms with Crippen LogP contribution in [0.1, 0.15) is 32.1 Å². The van der Waals surface area contributed by atoms with Crippen molar-refractivity contribution in [2.45, 2.75) is 38.0 Å². The monoisotopic (exact) mass is 189 g/mol. The molecule has 0 spiro atoms. The van der Waals surface area contributed by atoms with Gasteiger partial charge in [0.1, 0.15) is 0 Å². The van der Waals surface area contributed by atoms with Gasteiger partial charge in [0.25, 0.3) is 5.92 Å². The van der Waals surface area contributed by atoms with Crippen molar-refractivity contribution in [1.82, 2.24) is 5.32 Å². The first kappa shape index (κ1) is 9.38. The van der Waals surface area contributed by atoms with Crippen LogP contribution in [0.3, 0.4) is 0 Å². The lowest BCUT2D eigenvalue weighted by molar-refractivity contribution is -0.102. The van der Waals surface area contributed by atoms with E-state index >= 15 is 0 Å². The van der Waals surface area contributed by atoms with Gasteiger partial charge in [-0.3, -0.25) is 0 Å². The first-order valence-corrected chi connectivity index (χ1v) is 5.27. The molecule has 1 saturated heterocycles. The summed E-state index contributed by atoms with van der Waals surface area (Å²) in [6.07, 6.45) is 3.54. The maximum Gasteiger partial charge on any atom is 0.251 e. The predicted molar refractivity (Wildman–Crippen MR) is 47.9 cm³/mol. The van der Waals surface area contributed by atoms with E-state index in [-0.39, 0.29) is 18.3 Å². The van der Waals surface area contributed by atoms with E-state index in [1.54, 1.807) is 0 Å². The van der Waals surface area contributed by atoms with Crippen molar-refractivity contribution in [2.24, 2.45) is 11.8 Å². The van der Waals surface area contributed by atoms with Gasteiger partial charge in [0.15, 0.2) is 0 Å². The van der Waals surface area contributed by atoms with E-state index in [9.17, 15) is 8.78 Å². The molecule has 2 rings (SSSR count). The average Bonchev–Trinajstić information content (AvgIpc) is 2.32. The van der Waals surface area contributed by atoms with Crippen LogP contribution >= 0.6 is 0 Å². The fraction of sp³-hybridized carbons (Fsp3) is 1.00. The van der Waals surface area contributed by atoms with Gasteiger partial charge in [-0.2, -0.15) is 0 Å². The van der Waals surface area contributed by atoms with Crippen molar-refractivity contribution >= 4 is 0 Å². The molecule has 76 valence electrons. The third-order valence-corrected chi connectivity index (χ3v) is 3.43. The molecule has 1 unspecified atom stereocenters. The summed E-state index contributed by atoms with van der Waals surface area (Å²) in [6.45, 7) is 1.72. The Bertz CT molecular complexity index is 172. The molecule has 3 heteroatoms. The van der Waals surface area contributed by atoms with Crippen molar-refractivity contribution in [3.8, 4) is 0 Å². The minimum absolute atomic E-state index is 0.116. The van der Waals surface area contributed by atoms with Crippen LogP contribution in [0.25, 0.3) is 0 Å². The van der Waals surface area contributed by atoms with E-state index in [1.165, 1.54) is 0 Å². The Morgan fingerprint density at radius 2 is 2.00 bits per heavy atom. The molecule has 1 N–H and O–H groups in total. The molecule has 0 bridgehead atoms. The van der Waals surface area contributed by atoms with Gasteiger partial charge in [0, 0.05) is 12.3 Å². The van der Waals surface area contributed by atoms with E-state index in [1.807, 2.05) is 0 Å². The van der Waals surface area contributed by atoms with Gasteiger partial charge < -0.3 is 5.32 Å². The minimum Gasteiger partial charge on any atom is -0.316 e. The van der Waals surface area contributed by atoms with E-state index in [2.05, 4.69) is 5.32 Å². The van der Waals surface area contributed by atoms with Crippen molar-refractivity contribution in [1.29, 1.82) is 0 Å². The molecule has 0 amide bonds. The Hall–Kier alpha value is -0.180. The minimum atomic E-state index is -2.38. The summed E-state index contributed by atoms with van der Waals surface area (Å²) >= 11 is 0. The van der Waals surface area contributed by atoms with Gasteiger partial charge in [-0.15, -0.1) is 0 Å². The highest BCUT2D eigenvalue weighted by molar-refractivity contribution is 4.87. The van der Waals surface area contributed by atoms with E-state index < -0.39 is 5.92 Å². The second-order valence-corrected chi connectivity index (χ2v) is 4.45. The predicted octanol–water partition coefficient (Wildman–Crippen LogP) is 2.42. The molecule has 0 aromatic heterocycles. The maximum absolute atomic E-state index is 13.5. The van der Waals surface area contributed by atoms with Crippen LogP contribution < -0.4 is 5.32 Å². The van der Waals surface area contributed by atoms with E-state index in [4.69, 9.17) is 0 Å². The third-order valence-electron chi connectivity index (χ3n) is 3.43. The highest BCUT2D eigenvalue weighted by Gasteiger charge is 2.44. The molecule has 1 atom stereocenters. The summed E-state index contributed by atoms with van der Waals surface area (Å²) in [7, 11) is 0. The molecule has 1 saturated carbocycles. The van der Waals surface area contributed by atoms with Crippen LogP contribution in [0.15, 0.2) is 0 Å². The largest absolute Gasteiger partial charge is 0.316 e. The SMILES string of the molecule is FC(F)(CC1CCNC1)C1CCC1. The molecule has 1 heterocycles. The molecule has 0 aromatic rings. The zero-order valence-electron chi connectivity index (χ0n) is 7.86. The highest BCUT2D eigenvalue weighted by Crippen LogP contribution is 2.43. The van der Waals surface area contributed by atoms with Gasteiger partial charge in [-0.05, 0) is 38.3 Å². The van der Waals surface area contributed by atoms with Crippen LogP contribution in [0.4, 0.5) is 8.78 Å². The lowest BCUT2D eigenvalue weighted by Crippen LogP contribution is -2.35. The molecule has 1 aliphatic heterocycles. The van der Waals surface area contributed by atoms with E-state index in [0.717, 1.165) is 38.8 Å². The summed E-state index contributed by atoms with van der Waals surface area (Å²) in [4.78, 5) is 0. The summed E-state index contributed by atoms with van der Waals surface area (Å²) in [5.41, 5.74) is 0. The van der Waals surface area contributed by atoms with Crippen LogP contribution in [0.2, 0.25) is 0 Å². The molecule has 0 aromatic carbocycles. The molecule has 2 fully saturated rings. The van der Waals surface area contributed by atoms with Crippen LogP contribution in [0, 0.1) is 11.8 Å². The summed E-state index contributed by atoms with van der Waals surface area (Å²) in [5.74, 6) is -2.46. The Balaban J connectivity index is 1.83. The summed E-state index contributed by atoms with van der Waals surface area (Å²) in [6, 6.07) is 0. The highest BCUT2D eigenvalue weighted by atomic mass is 19.3. The number of hydrogen-bond donors (Lipinski definition) is 1. The number of rotatable bonds is 3. The van der Waals surface area contributed by atoms with Gasteiger partial charge in [0.2, 0.25) is 0 Å². The Morgan fingerprint density at radius 3 is 2.46 bits per heavy atom. The Kier molecular flexibility index (Phi) is 2.54. The van der Waals surface area contributed by atoms with Crippen molar-refractivity contribution in [3.63, 3.8) is 0 Å². The van der Waals surface area contributed by atoms with Gasteiger partial charge in [0.05, 0.1) is 0 Å². The molecule has 13 heavy (non-hydrogen) atoms. The second kappa shape index (κ2) is 3.52. The lowest BCUT2D eigenvalue weighted by atomic mass is 9.77. The Labute approximate surface area is 77.9 Å². The van der Waals surface area contributed by atoms with E-state index in [0.29, 0.717) is 0 Å². The topological polar surface area (TPSA) is 12.0 Å². The molecule has 1 aliphatic carbocycles. The van der Waals surface area contributed by atoms with Crippen LogP contribution in [-0.4, -0.2) is 19.0 Å². The first-order valence-electron chi connectivity index (χ1n) is 5.27. The van der Waals surface area contributed by atoms with Crippen molar-refractivity contribution in [3.05, 3.63) is 0 Å². The van der Waals surface area contributed by atoms with Crippen LogP contribution in [0.5, 0.6) is 0 Å². The number of halogens is 2. The second-order valence-electron chi connectivity index (χ2n) is 4.45. The zero-order chi connectivity index (χ0) is 9.31. The molecular formula is C10H17F2N. The molecule has 2 aliphatic rings. The maximum atomic E-state index is 13.5. The third kappa shape index (κ3) is 2.01. The number of hydrogen-bond acceptors (Lipinski definition) is 1. The quantitative estimate of drug-likeness (QED) is 0.719. The van der Waals surface area contributed by atoms with Crippen molar-refractivity contribution < 1.29 is 8.78 Å². The number of nitrogens with one attached hydrogen (secondary N) is 1. The molecule has 0 radical (unpaired) electrons. The molecule has 1 nitrogen and oxygen atoms in total. The van der Waals surface area contributed by atoms with Crippen LogP contribution in [-0.2, 0) is 0 Å². The standard InChI is InChI=1S/C10H17F2N/c11-10(12,9-2-1-3-9)6-8-4-5-13-7-8/h8-9,13H,1-7H2. The molecular weight excluding hydrogens is 172 g/mol. The first-order chi connectivity index (χ1) is 6.18. The van der Waals surface area contributed by atoms with Crippen molar-refractivity contribution in [2.75, 3.05) is 13.1 Å². The van der Waals surface area contributed by atoms with Gasteiger partial charge in [-0.25, -0.2) is 8.78 Å². The fourth-order valence-corrected chi connectivity index (χ4v) is 2.27. The smallest absolute Gasteiger partial charge is 0.251 e. The Morgan fingerprint density at radius 1 is 1.23 bits per heavy atom. The number of alkyl halides is 2. The lowest BCUT2D eigenvalue weighted by Gasteiger charge is -2.34. The van der Waals surface area contributed by atoms with Gasteiger partial charge >= 0.3 is 0 Å². The zero-order valence-corrected chi connectivity index (χ0v) is 7.86. The average molecular weight is 189 g/mol. The summed E-state index contributed by atoms with van der Waals surface area (Å²) in [5, 5.41) is 3.14.